The first-order valence-corrected chi connectivity index (χ1v) is 14.5. The van der Waals surface area contributed by atoms with E-state index in [1.165, 1.54) is 51.4 Å². The van der Waals surface area contributed by atoms with Crippen LogP contribution >= 0.6 is 0 Å². The molecule has 0 bridgehead atoms. The van der Waals surface area contributed by atoms with E-state index in [-0.39, 0.29) is 12.5 Å². The Morgan fingerprint density at radius 3 is 1.78 bits per heavy atom. The predicted octanol–water partition coefficient (Wildman–Crippen LogP) is 7.89. The van der Waals surface area contributed by atoms with E-state index in [0.29, 0.717) is 12.8 Å². The van der Waals surface area contributed by atoms with Gasteiger partial charge in [0.1, 0.15) is 0 Å². The van der Waals surface area contributed by atoms with Crippen LogP contribution in [0.5, 0.6) is 0 Å². The highest BCUT2D eigenvalue weighted by Crippen LogP contribution is 2.11. The number of allylic oxidation sites excluding steroid dienone is 9. The first-order valence-electron chi connectivity index (χ1n) is 14.5. The number of carbonyl (C=O) groups is 1. The molecule has 36 heavy (non-hydrogen) atoms. The van der Waals surface area contributed by atoms with Crippen LogP contribution in [0.15, 0.2) is 60.8 Å². The highest BCUT2D eigenvalue weighted by atomic mass is 16.3. The van der Waals surface area contributed by atoms with Gasteiger partial charge in [-0.05, 0) is 44.9 Å². The van der Waals surface area contributed by atoms with Gasteiger partial charge in [0.2, 0.25) is 5.91 Å². The molecule has 0 aromatic heterocycles. The molecule has 1 amide bonds. The Hall–Kier alpha value is -1.91. The van der Waals surface area contributed by atoms with Crippen molar-refractivity contribution >= 4 is 5.91 Å². The lowest BCUT2D eigenvalue weighted by Crippen LogP contribution is -2.45. The van der Waals surface area contributed by atoms with Crippen molar-refractivity contribution in [2.45, 2.75) is 129 Å². The average molecular weight is 502 g/mol. The number of nitrogens with one attached hydrogen (secondary N) is 1. The Kier molecular flexibility index (Phi) is 26.2. The third-order valence-corrected chi connectivity index (χ3v) is 6.02. The molecule has 0 aromatic carbocycles. The molecule has 0 aliphatic carbocycles. The maximum absolute atomic E-state index is 12.2. The quantitative estimate of drug-likeness (QED) is 0.0930. The number of hydrogen-bond acceptors (Lipinski definition) is 3. The van der Waals surface area contributed by atoms with Gasteiger partial charge in [0.15, 0.2) is 0 Å². The molecule has 0 fully saturated rings. The van der Waals surface area contributed by atoms with Crippen molar-refractivity contribution in [1.29, 1.82) is 0 Å². The van der Waals surface area contributed by atoms with E-state index in [0.717, 1.165) is 38.5 Å². The molecular weight excluding hydrogens is 446 g/mol. The van der Waals surface area contributed by atoms with Gasteiger partial charge >= 0.3 is 0 Å². The zero-order valence-electron chi connectivity index (χ0n) is 23.3. The molecule has 0 radical (unpaired) electrons. The lowest BCUT2D eigenvalue weighted by molar-refractivity contribution is -0.122. The van der Waals surface area contributed by atoms with Crippen molar-refractivity contribution in [3.05, 3.63) is 60.8 Å². The summed E-state index contributed by atoms with van der Waals surface area (Å²) in [7, 11) is 0. The summed E-state index contributed by atoms with van der Waals surface area (Å²) in [6.45, 7) is 4.10. The molecule has 2 atom stereocenters. The van der Waals surface area contributed by atoms with Crippen molar-refractivity contribution in [3.63, 3.8) is 0 Å². The van der Waals surface area contributed by atoms with E-state index in [9.17, 15) is 15.0 Å². The number of unbranched alkanes of at least 4 members (excludes halogenated alkanes) is 9. The molecule has 0 aromatic rings. The topological polar surface area (TPSA) is 69.6 Å². The van der Waals surface area contributed by atoms with Gasteiger partial charge in [-0.2, -0.15) is 0 Å². The highest BCUT2D eigenvalue weighted by molar-refractivity contribution is 5.76. The van der Waals surface area contributed by atoms with Crippen LogP contribution in [0.3, 0.4) is 0 Å². The number of carbonyl (C=O) groups excluding carboxylic acids is 1. The molecule has 0 aliphatic rings. The van der Waals surface area contributed by atoms with Crippen LogP contribution in [-0.2, 0) is 4.79 Å². The summed E-state index contributed by atoms with van der Waals surface area (Å²) < 4.78 is 0. The number of rotatable bonds is 24. The molecular formula is C32H55NO3. The van der Waals surface area contributed by atoms with Gasteiger partial charge in [0, 0.05) is 6.42 Å². The lowest BCUT2D eigenvalue weighted by Gasteiger charge is -2.19. The lowest BCUT2D eigenvalue weighted by atomic mass is 10.1. The van der Waals surface area contributed by atoms with Gasteiger partial charge < -0.3 is 15.5 Å². The molecule has 4 nitrogen and oxygen atoms in total. The molecule has 0 aliphatic heterocycles. The largest absolute Gasteiger partial charge is 0.394 e. The number of aliphatic hydroxyl groups excluding tert-OH is 2. The Morgan fingerprint density at radius 1 is 0.694 bits per heavy atom. The van der Waals surface area contributed by atoms with Gasteiger partial charge in [-0.3, -0.25) is 4.79 Å². The van der Waals surface area contributed by atoms with Crippen LogP contribution < -0.4 is 5.32 Å². The van der Waals surface area contributed by atoms with E-state index >= 15 is 0 Å². The molecule has 3 N–H and O–H groups in total. The summed E-state index contributed by atoms with van der Waals surface area (Å²) in [4.78, 5) is 12.2. The van der Waals surface area contributed by atoms with Crippen molar-refractivity contribution in [2.75, 3.05) is 6.61 Å². The molecule has 0 rings (SSSR count). The van der Waals surface area contributed by atoms with Crippen LogP contribution in [-0.4, -0.2) is 34.9 Å². The summed E-state index contributed by atoms with van der Waals surface area (Å²) in [5.41, 5.74) is 0. The minimum atomic E-state index is -0.866. The van der Waals surface area contributed by atoms with Gasteiger partial charge in [0.05, 0.1) is 18.8 Å². The van der Waals surface area contributed by atoms with E-state index in [1.807, 2.05) is 12.2 Å². The number of hydrogen-bond donors (Lipinski definition) is 3. The van der Waals surface area contributed by atoms with Crippen LogP contribution in [0.1, 0.15) is 117 Å². The smallest absolute Gasteiger partial charge is 0.220 e. The Labute approximate surface area is 222 Å². The Bertz CT molecular complexity index is 633. The van der Waals surface area contributed by atoms with E-state index in [4.69, 9.17) is 0 Å². The SMILES string of the molecule is CC/C=C\C/C=C\C/C=C\C/C=C\CCC(=O)NC(CO)C(O)/C=C/CCCCCCCCCCC. The minimum absolute atomic E-state index is 0.150. The van der Waals surface area contributed by atoms with Gasteiger partial charge in [0.25, 0.3) is 0 Å². The van der Waals surface area contributed by atoms with Crippen LogP contribution in [0.4, 0.5) is 0 Å². The Balaban J connectivity index is 3.88. The maximum Gasteiger partial charge on any atom is 0.220 e. The second kappa shape index (κ2) is 27.7. The van der Waals surface area contributed by atoms with Gasteiger partial charge in [-0.1, -0.05) is 126 Å². The highest BCUT2D eigenvalue weighted by Gasteiger charge is 2.17. The maximum atomic E-state index is 12.2. The second-order valence-electron chi connectivity index (χ2n) is 9.43. The minimum Gasteiger partial charge on any atom is -0.394 e. The summed E-state index contributed by atoms with van der Waals surface area (Å²) in [6.07, 6.45) is 37.3. The molecule has 0 saturated heterocycles. The Morgan fingerprint density at radius 2 is 1.22 bits per heavy atom. The number of aliphatic hydroxyl groups is 2. The van der Waals surface area contributed by atoms with E-state index in [1.54, 1.807) is 6.08 Å². The fourth-order valence-electron chi connectivity index (χ4n) is 3.77. The standard InChI is InChI=1S/C32H55NO3/c1-3-5-7-9-11-13-15-16-18-20-22-24-26-28-32(36)33-30(29-34)31(35)27-25-23-21-19-17-14-12-10-8-6-4-2/h5,7,11,13,16,18,22,24-25,27,30-31,34-35H,3-4,6,8-10,12,14-15,17,19-21,23,26,28-29H2,1-2H3,(H,33,36)/b7-5-,13-11-,18-16-,24-22-,27-25+. The first kappa shape index (κ1) is 34.1. The average Bonchev–Trinajstić information content (AvgIpc) is 2.88. The molecule has 2 unspecified atom stereocenters. The van der Waals surface area contributed by atoms with E-state index < -0.39 is 12.1 Å². The monoisotopic (exact) mass is 501 g/mol. The van der Waals surface area contributed by atoms with Crippen molar-refractivity contribution in [1.82, 2.24) is 5.32 Å². The van der Waals surface area contributed by atoms with Gasteiger partial charge in [-0.15, -0.1) is 0 Å². The molecule has 4 heteroatoms. The molecule has 206 valence electrons. The normalized spacial score (nSPS) is 14.2. The third kappa shape index (κ3) is 23.8. The van der Waals surface area contributed by atoms with Gasteiger partial charge in [-0.25, -0.2) is 0 Å². The van der Waals surface area contributed by atoms with Crippen LogP contribution in [0.25, 0.3) is 0 Å². The third-order valence-electron chi connectivity index (χ3n) is 6.02. The zero-order chi connectivity index (χ0) is 26.5. The molecule has 0 saturated carbocycles. The second-order valence-corrected chi connectivity index (χ2v) is 9.43. The predicted molar refractivity (Wildman–Crippen MR) is 156 cm³/mol. The van der Waals surface area contributed by atoms with Crippen molar-refractivity contribution in [3.8, 4) is 0 Å². The summed E-state index contributed by atoms with van der Waals surface area (Å²) in [5.74, 6) is -0.150. The van der Waals surface area contributed by atoms with Crippen molar-refractivity contribution < 1.29 is 15.0 Å². The summed E-state index contributed by atoms with van der Waals surface area (Å²) in [5, 5.41) is 22.6. The van der Waals surface area contributed by atoms with Crippen molar-refractivity contribution in [2.24, 2.45) is 0 Å². The van der Waals surface area contributed by atoms with E-state index in [2.05, 4.69) is 61.7 Å². The fraction of sp³-hybridized carbons (Fsp3) is 0.656. The fourth-order valence-corrected chi connectivity index (χ4v) is 3.77. The van der Waals surface area contributed by atoms with Crippen LogP contribution in [0, 0.1) is 0 Å². The van der Waals surface area contributed by atoms with Crippen LogP contribution in [0.2, 0.25) is 0 Å². The summed E-state index contributed by atoms with van der Waals surface area (Å²) in [6, 6.07) is -0.658. The zero-order valence-corrected chi connectivity index (χ0v) is 23.3. The summed E-state index contributed by atoms with van der Waals surface area (Å²) >= 11 is 0. The molecule has 0 heterocycles. The number of amides is 1. The molecule has 0 spiro atoms. The first-order chi connectivity index (χ1) is 17.7.